The van der Waals surface area contributed by atoms with Gasteiger partial charge in [-0.2, -0.15) is 0 Å². The predicted octanol–water partition coefficient (Wildman–Crippen LogP) is 1.87. The molecule has 0 heterocycles. The molecule has 0 aromatic carbocycles. The van der Waals surface area contributed by atoms with Gasteiger partial charge in [-0.1, -0.05) is 30.4 Å². The fraction of sp³-hybridized carbons (Fsp3) is 0.222. The number of allylic oxidation sites excluding steroid dienone is 5. The first-order valence-electron chi connectivity index (χ1n) is 3.27. The third kappa shape index (κ3) is 1.08. The normalized spacial score (nSPS) is 30.0. The van der Waals surface area contributed by atoms with E-state index in [9.17, 15) is 4.79 Å². The van der Waals surface area contributed by atoms with Gasteiger partial charge in [0.2, 0.25) is 0 Å². The highest BCUT2D eigenvalue weighted by Crippen LogP contribution is 2.25. The van der Waals surface area contributed by atoms with E-state index in [1.165, 1.54) is 0 Å². The third-order valence-corrected chi connectivity index (χ3v) is 1.72. The minimum Gasteiger partial charge on any atom is -0.302 e. The lowest BCUT2D eigenvalue weighted by molar-refractivity contribution is -0.112. The molecule has 0 aromatic rings. The zero-order chi connectivity index (χ0) is 7.45. The standard InChI is InChI=1S/C9H10O/c1-2-9(8-10)6-4-3-5-7-9/h2-6,8H,1,7H2. The Hall–Kier alpha value is -1.11. The number of hydrogen-bond donors (Lipinski definition) is 0. The lowest BCUT2D eigenvalue weighted by Gasteiger charge is -2.18. The molecule has 0 fully saturated rings. The van der Waals surface area contributed by atoms with Crippen molar-refractivity contribution < 1.29 is 4.79 Å². The highest BCUT2D eigenvalue weighted by atomic mass is 16.1. The molecule has 1 rings (SSSR count). The molecule has 0 aliphatic heterocycles. The Bertz CT molecular complexity index is 191. The van der Waals surface area contributed by atoms with Crippen molar-refractivity contribution in [3.63, 3.8) is 0 Å². The molecule has 1 atom stereocenters. The lowest BCUT2D eigenvalue weighted by atomic mass is 9.83. The predicted molar refractivity (Wildman–Crippen MR) is 41.6 cm³/mol. The van der Waals surface area contributed by atoms with Crippen LogP contribution >= 0.6 is 0 Å². The van der Waals surface area contributed by atoms with Gasteiger partial charge in [-0.05, 0) is 6.42 Å². The summed E-state index contributed by atoms with van der Waals surface area (Å²) in [5, 5.41) is 0. The number of aldehydes is 1. The van der Waals surface area contributed by atoms with Crippen molar-refractivity contribution >= 4 is 6.29 Å². The van der Waals surface area contributed by atoms with Crippen LogP contribution in [-0.4, -0.2) is 6.29 Å². The lowest BCUT2D eigenvalue weighted by Crippen LogP contribution is -2.16. The van der Waals surface area contributed by atoms with Crippen molar-refractivity contribution in [1.29, 1.82) is 0 Å². The Kier molecular flexibility index (Phi) is 1.86. The van der Waals surface area contributed by atoms with Crippen molar-refractivity contribution in [3.8, 4) is 0 Å². The summed E-state index contributed by atoms with van der Waals surface area (Å²) in [4.78, 5) is 10.6. The summed E-state index contributed by atoms with van der Waals surface area (Å²) in [5.74, 6) is 0. The van der Waals surface area contributed by atoms with Crippen LogP contribution in [0.4, 0.5) is 0 Å². The molecule has 0 saturated heterocycles. The van der Waals surface area contributed by atoms with E-state index in [0.29, 0.717) is 0 Å². The number of carbonyl (C=O) groups is 1. The summed E-state index contributed by atoms with van der Waals surface area (Å²) in [5.41, 5.74) is -0.422. The van der Waals surface area contributed by atoms with Crippen molar-refractivity contribution in [1.82, 2.24) is 0 Å². The molecule has 0 amide bonds. The molecule has 0 aromatic heterocycles. The molecular formula is C9H10O. The van der Waals surface area contributed by atoms with Crippen LogP contribution in [0.15, 0.2) is 37.0 Å². The number of carbonyl (C=O) groups excluding carboxylic acids is 1. The quantitative estimate of drug-likeness (QED) is 0.416. The van der Waals surface area contributed by atoms with E-state index in [-0.39, 0.29) is 0 Å². The minimum atomic E-state index is -0.422. The zero-order valence-corrected chi connectivity index (χ0v) is 5.79. The molecule has 1 unspecified atom stereocenters. The van der Waals surface area contributed by atoms with Gasteiger partial charge in [-0.25, -0.2) is 0 Å². The molecule has 0 radical (unpaired) electrons. The van der Waals surface area contributed by atoms with Gasteiger partial charge in [0.1, 0.15) is 6.29 Å². The van der Waals surface area contributed by atoms with Crippen LogP contribution in [0.1, 0.15) is 6.42 Å². The minimum absolute atomic E-state index is 0.422. The van der Waals surface area contributed by atoms with E-state index in [1.807, 2.05) is 24.3 Å². The molecule has 10 heavy (non-hydrogen) atoms. The SMILES string of the molecule is C=CC1(C=O)C=CC=CC1. The summed E-state index contributed by atoms with van der Waals surface area (Å²) < 4.78 is 0. The van der Waals surface area contributed by atoms with Crippen LogP contribution in [0, 0.1) is 5.41 Å². The third-order valence-electron chi connectivity index (χ3n) is 1.72. The molecule has 1 heteroatoms. The summed E-state index contributed by atoms with van der Waals surface area (Å²) >= 11 is 0. The van der Waals surface area contributed by atoms with Gasteiger partial charge in [0.15, 0.2) is 0 Å². The van der Waals surface area contributed by atoms with Gasteiger partial charge in [0.05, 0.1) is 5.41 Å². The second-order valence-corrected chi connectivity index (χ2v) is 2.43. The summed E-state index contributed by atoms with van der Waals surface area (Å²) in [6, 6.07) is 0. The molecule has 0 saturated carbocycles. The Morgan fingerprint density at radius 3 is 2.60 bits per heavy atom. The van der Waals surface area contributed by atoms with Gasteiger partial charge in [0, 0.05) is 0 Å². The Labute approximate surface area is 60.7 Å². The van der Waals surface area contributed by atoms with Gasteiger partial charge in [0.25, 0.3) is 0 Å². The van der Waals surface area contributed by atoms with Crippen LogP contribution in [0.5, 0.6) is 0 Å². The van der Waals surface area contributed by atoms with Gasteiger partial charge in [-0.3, -0.25) is 0 Å². The van der Waals surface area contributed by atoms with Crippen LogP contribution < -0.4 is 0 Å². The summed E-state index contributed by atoms with van der Waals surface area (Å²) in [6.07, 6.45) is 11.0. The highest BCUT2D eigenvalue weighted by Gasteiger charge is 2.21. The van der Waals surface area contributed by atoms with Gasteiger partial charge in [-0.15, -0.1) is 6.58 Å². The second kappa shape index (κ2) is 2.65. The Morgan fingerprint density at radius 1 is 1.50 bits per heavy atom. The maximum atomic E-state index is 10.6. The molecular weight excluding hydrogens is 124 g/mol. The summed E-state index contributed by atoms with van der Waals surface area (Å²) in [7, 11) is 0. The van der Waals surface area contributed by atoms with Crippen molar-refractivity contribution in [2.24, 2.45) is 5.41 Å². The van der Waals surface area contributed by atoms with E-state index in [1.54, 1.807) is 6.08 Å². The average Bonchev–Trinajstić information content (AvgIpc) is 2.06. The smallest absolute Gasteiger partial charge is 0.134 e. The maximum Gasteiger partial charge on any atom is 0.134 e. The largest absolute Gasteiger partial charge is 0.302 e. The van der Waals surface area contributed by atoms with Crippen LogP contribution in [0.3, 0.4) is 0 Å². The molecule has 0 spiro atoms. The fourth-order valence-corrected chi connectivity index (χ4v) is 0.940. The topological polar surface area (TPSA) is 17.1 Å². The highest BCUT2D eigenvalue weighted by molar-refractivity contribution is 5.67. The van der Waals surface area contributed by atoms with E-state index in [0.717, 1.165) is 12.7 Å². The van der Waals surface area contributed by atoms with E-state index in [4.69, 9.17) is 0 Å². The van der Waals surface area contributed by atoms with Crippen LogP contribution in [0.2, 0.25) is 0 Å². The molecule has 1 nitrogen and oxygen atoms in total. The monoisotopic (exact) mass is 134 g/mol. The van der Waals surface area contributed by atoms with Crippen molar-refractivity contribution in [2.75, 3.05) is 0 Å². The second-order valence-electron chi connectivity index (χ2n) is 2.43. The molecule has 0 N–H and O–H groups in total. The molecule has 1 aliphatic carbocycles. The molecule has 1 aliphatic rings. The first-order valence-corrected chi connectivity index (χ1v) is 3.27. The van der Waals surface area contributed by atoms with E-state index < -0.39 is 5.41 Å². The van der Waals surface area contributed by atoms with Crippen LogP contribution in [-0.2, 0) is 4.79 Å². The Balaban J connectivity index is 2.85. The van der Waals surface area contributed by atoms with Gasteiger partial charge >= 0.3 is 0 Å². The van der Waals surface area contributed by atoms with Crippen molar-refractivity contribution in [2.45, 2.75) is 6.42 Å². The van der Waals surface area contributed by atoms with E-state index >= 15 is 0 Å². The first kappa shape index (κ1) is 7.00. The zero-order valence-electron chi connectivity index (χ0n) is 5.79. The summed E-state index contributed by atoms with van der Waals surface area (Å²) in [6.45, 7) is 3.61. The number of hydrogen-bond acceptors (Lipinski definition) is 1. The van der Waals surface area contributed by atoms with E-state index in [2.05, 4.69) is 6.58 Å². The maximum absolute atomic E-state index is 10.6. The first-order chi connectivity index (χ1) is 4.83. The number of rotatable bonds is 2. The molecule has 0 bridgehead atoms. The molecule has 52 valence electrons. The van der Waals surface area contributed by atoms with Gasteiger partial charge < -0.3 is 4.79 Å². The van der Waals surface area contributed by atoms with Crippen molar-refractivity contribution in [3.05, 3.63) is 37.0 Å². The van der Waals surface area contributed by atoms with Crippen LogP contribution in [0.25, 0.3) is 0 Å². The fourth-order valence-electron chi connectivity index (χ4n) is 0.940. The average molecular weight is 134 g/mol. The Morgan fingerprint density at radius 2 is 2.30 bits per heavy atom.